The van der Waals surface area contributed by atoms with E-state index in [4.69, 9.17) is 0 Å². The van der Waals surface area contributed by atoms with Crippen molar-refractivity contribution in [3.8, 4) is 0 Å². The first kappa shape index (κ1) is 15.9. The number of nitrogens with one attached hydrogen (secondary N) is 1. The fraction of sp³-hybridized carbons (Fsp3) is 0.368. The predicted molar refractivity (Wildman–Crippen MR) is 90.2 cm³/mol. The third-order valence-electron chi connectivity index (χ3n) is 4.80. The minimum atomic E-state index is -0.309. The van der Waals surface area contributed by atoms with Gasteiger partial charge in [-0.15, -0.1) is 0 Å². The van der Waals surface area contributed by atoms with E-state index in [2.05, 4.69) is 9.88 Å². The highest BCUT2D eigenvalue weighted by molar-refractivity contribution is 5.97. The maximum atomic E-state index is 13.3. The molecule has 0 saturated heterocycles. The molecule has 0 bridgehead atoms. The molecular weight excluding hydrogens is 321 g/mol. The maximum Gasteiger partial charge on any atom is 0.232 e. The van der Waals surface area contributed by atoms with Gasteiger partial charge < -0.3 is 14.8 Å². The Hall–Kier alpha value is -2.63. The average Bonchev–Trinajstić information content (AvgIpc) is 3.27. The van der Waals surface area contributed by atoms with Gasteiger partial charge >= 0.3 is 0 Å². The molecule has 1 fully saturated rings. The predicted octanol–water partition coefficient (Wildman–Crippen LogP) is 2.23. The van der Waals surface area contributed by atoms with Crippen LogP contribution >= 0.6 is 0 Å². The number of hydrogen-bond donors (Lipinski definition) is 1. The van der Waals surface area contributed by atoms with Crippen molar-refractivity contribution in [1.29, 1.82) is 0 Å². The second-order valence-electron chi connectivity index (χ2n) is 6.69. The summed E-state index contributed by atoms with van der Waals surface area (Å²) in [6, 6.07) is 10.1. The Morgan fingerprint density at radius 2 is 1.88 bits per heavy atom. The Labute approximate surface area is 145 Å². The largest absolute Gasteiger partial charge is 0.353 e. The van der Waals surface area contributed by atoms with Crippen LogP contribution in [0.1, 0.15) is 36.6 Å². The van der Waals surface area contributed by atoms with E-state index in [0.29, 0.717) is 13.1 Å². The highest BCUT2D eigenvalue weighted by Crippen LogP contribution is 2.33. The molecular formula is C19H20FN3O2. The van der Waals surface area contributed by atoms with Crippen LogP contribution in [0.25, 0.3) is 0 Å². The van der Waals surface area contributed by atoms with Gasteiger partial charge in [0.15, 0.2) is 0 Å². The lowest BCUT2D eigenvalue weighted by Crippen LogP contribution is -2.44. The van der Waals surface area contributed by atoms with Crippen molar-refractivity contribution in [2.24, 2.45) is 0 Å². The van der Waals surface area contributed by atoms with Gasteiger partial charge in [0, 0.05) is 31.0 Å². The highest BCUT2D eigenvalue weighted by atomic mass is 19.1. The summed E-state index contributed by atoms with van der Waals surface area (Å²) in [4.78, 5) is 26.5. The van der Waals surface area contributed by atoms with Crippen molar-refractivity contribution >= 4 is 11.8 Å². The molecule has 1 aromatic heterocycles. The lowest BCUT2D eigenvalue weighted by Gasteiger charge is -2.37. The molecule has 1 aliphatic heterocycles. The van der Waals surface area contributed by atoms with E-state index in [1.54, 1.807) is 17.0 Å². The Bertz CT molecular complexity index is 795. The molecule has 0 radical (unpaired) electrons. The monoisotopic (exact) mass is 341 g/mol. The number of nitrogens with zero attached hydrogens (tertiary/aromatic N) is 2. The summed E-state index contributed by atoms with van der Waals surface area (Å²) in [6.45, 7) is 1.22. The van der Waals surface area contributed by atoms with E-state index in [9.17, 15) is 14.0 Å². The summed E-state index contributed by atoms with van der Waals surface area (Å²) in [5, 5.41) is 2.86. The van der Waals surface area contributed by atoms with E-state index in [0.717, 1.165) is 24.1 Å². The molecule has 2 amide bonds. The van der Waals surface area contributed by atoms with E-state index < -0.39 is 0 Å². The van der Waals surface area contributed by atoms with E-state index in [-0.39, 0.29) is 36.1 Å². The summed E-state index contributed by atoms with van der Waals surface area (Å²) in [6.07, 6.45) is 3.83. The third kappa shape index (κ3) is 3.29. The van der Waals surface area contributed by atoms with Gasteiger partial charge in [-0.1, -0.05) is 12.1 Å². The third-order valence-corrected chi connectivity index (χ3v) is 4.80. The molecule has 2 aromatic rings. The first-order chi connectivity index (χ1) is 12.1. The highest BCUT2D eigenvalue weighted by Gasteiger charge is 2.33. The van der Waals surface area contributed by atoms with Crippen molar-refractivity contribution < 1.29 is 14.0 Å². The van der Waals surface area contributed by atoms with Gasteiger partial charge in [-0.05, 0) is 42.7 Å². The summed E-state index contributed by atoms with van der Waals surface area (Å²) in [5.41, 5.74) is 1.82. The van der Waals surface area contributed by atoms with Crippen molar-refractivity contribution in [3.63, 3.8) is 0 Å². The Morgan fingerprint density at radius 1 is 1.12 bits per heavy atom. The minimum Gasteiger partial charge on any atom is -0.353 e. The quantitative estimate of drug-likeness (QED) is 0.867. The van der Waals surface area contributed by atoms with Crippen LogP contribution in [0.2, 0.25) is 0 Å². The van der Waals surface area contributed by atoms with E-state index in [1.165, 1.54) is 12.1 Å². The number of halogens is 1. The van der Waals surface area contributed by atoms with E-state index >= 15 is 0 Å². The van der Waals surface area contributed by atoms with Crippen molar-refractivity contribution in [3.05, 3.63) is 59.7 Å². The summed E-state index contributed by atoms with van der Waals surface area (Å²) >= 11 is 0. The standard InChI is InChI=1S/C19H20FN3O2/c20-14-5-3-13(4-6-14)19-16-2-1-9-22(16)10-11-23(19)18(25)12-17(24)21-15-7-8-15/h1-6,9,15,19H,7-8,10-12H2,(H,21,24)/t19-/m1/s1. The molecule has 1 aliphatic carbocycles. The summed E-state index contributed by atoms with van der Waals surface area (Å²) in [5.74, 6) is -0.720. The molecule has 1 aromatic carbocycles. The molecule has 0 unspecified atom stereocenters. The molecule has 130 valence electrons. The molecule has 1 atom stereocenters. The van der Waals surface area contributed by atoms with Gasteiger partial charge in [-0.2, -0.15) is 0 Å². The molecule has 2 aliphatic rings. The topological polar surface area (TPSA) is 54.3 Å². The van der Waals surface area contributed by atoms with Gasteiger partial charge in [0.1, 0.15) is 12.2 Å². The molecule has 6 heteroatoms. The molecule has 1 saturated carbocycles. The number of fused-ring (bicyclic) bond motifs is 1. The summed E-state index contributed by atoms with van der Waals surface area (Å²) in [7, 11) is 0. The van der Waals surface area contributed by atoms with Crippen LogP contribution in [-0.2, 0) is 16.1 Å². The van der Waals surface area contributed by atoms with Crippen LogP contribution < -0.4 is 5.32 Å². The first-order valence-corrected chi connectivity index (χ1v) is 8.61. The van der Waals surface area contributed by atoms with E-state index in [1.807, 2.05) is 18.3 Å². The second-order valence-corrected chi connectivity index (χ2v) is 6.69. The maximum absolute atomic E-state index is 13.3. The minimum absolute atomic E-state index is 0.144. The molecule has 2 heterocycles. The zero-order valence-corrected chi connectivity index (χ0v) is 13.8. The van der Waals surface area contributed by atoms with Crippen LogP contribution in [-0.4, -0.2) is 33.9 Å². The molecule has 5 nitrogen and oxygen atoms in total. The fourth-order valence-corrected chi connectivity index (χ4v) is 3.39. The van der Waals surface area contributed by atoms with Crippen molar-refractivity contribution in [2.45, 2.75) is 37.9 Å². The van der Waals surface area contributed by atoms with Gasteiger partial charge in [0.2, 0.25) is 11.8 Å². The number of carbonyl (C=O) groups is 2. The Morgan fingerprint density at radius 3 is 2.60 bits per heavy atom. The van der Waals surface area contributed by atoms with Gasteiger partial charge in [0.05, 0.1) is 6.04 Å². The van der Waals surface area contributed by atoms with Crippen molar-refractivity contribution in [2.75, 3.05) is 6.54 Å². The van der Waals surface area contributed by atoms with Gasteiger partial charge in [-0.25, -0.2) is 4.39 Å². The molecule has 0 spiro atoms. The number of rotatable bonds is 4. The molecule has 25 heavy (non-hydrogen) atoms. The van der Waals surface area contributed by atoms with Crippen LogP contribution in [0.15, 0.2) is 42.6 Å². The zero-order chi connectivity index (χ0) is 17.4. The molecule has 4 rings (SSSR count). The fourth-order valence-electron chi connectivity index (χ4n) is 3.39. The lowest BCUT2D eigenvalue weighted by atomic mass is 9.99. The first-order valence-electron chi connectivity index (χ1n) is 8.61. The number of aromatic nitrogens is 1. The Balaban J connectivity index is 1.59. The number of carbonyl (C=O) groups excluding carboxylic acids is 2. The number of hydrogen-bond acceptors (Lipinski definition) is 2. The van der Waals surface area contributed by atoms with Crippen molar-refractivity contribution in [1.82, 2.24) is 14.8 Å². The zero-order valence-electron chi connectivity index (χ0n) is 13.8. The van der Waals surface area contributed by atoms with Crippen LogP contribution in [0, 0.1) is 5.82 Å². The second kappa shape index (κ2) is 6.35. The van der Waals surface area contributed by atoms with Gasteiger partial charge in [0.25, 0.3) is 0 Å². The van der Waals surface area contributed by atoms with Crippen LogP contribution in [0.4, 0.5) is 4.39 Å². The normalized spacial score (nSPS) is 19.4. The number of benzene rings is 1. The number of amides is 2. The average molecular weight is 341 g/mol. The Kier molecular flexibility index (Phi) is 4.03. The molecule has 1 N–H and O–H groups in total. The summed E-state index contributed by atoms with van der Waals surface area (Å²) < 4.78 is 15.4. The van der Waals surface area contributed by atoms with Crippen LogP contribution in [0.3, 0.4) is 0 Å². The smallest absolute Gasteiger partial charge is 0.232 e. The SMILES string of the molecule is O=C(CC(=O)N1CCn2cccc2[C@H]1c1ccc(F)cc1)NC1CC1. The van der Waals surface area contributed by atoms with Gasteiger partial charge in [-0.3, -0.25) is 9.59 Å². The lowest BCUT2D eigenvalue weighted by molar-refractivity contribution is -0.138. The van der Waals surface area contributed by atoms with Crippen LogP contribution in [0.5, 0.6) is 0 Å².